The summed E-state index contributed by atoms with van der Waals surface area (Å²) in [5, 5.41) is 2.98. The van der Waals surface area contributed by atoms with Crippen molar-refractivity contribution in [2.45, 2.75) is 57.9 Å². The average molecular weight is 302 g/mol. The third-order valence-electron chi connectivity index (χ3n) is 4.26. The molecule has 0 aliphatic heterocycles. The number of carbonyl (C=O) groups is 1. The van der Waals surface area contributed by atoms with Crippen molar-refractivity contribution in [3.05, 3.63) is 41.5 Å². The second-order valence-corrected chi connectivity index (χ2v) is 6.08. The van der Waals surface area contributed by atoms with Crippen molar-refractivity contribution in [1.82, 2.24) is 10.3 Å². The van der Waals surface area contributed by atoms with Gasteiger partial charge in [0, 0.05) is 18.4 Å². The lowest BCUT2D eigenvalue weighted by Crippen LogP contribution is -2.33. The van der Waals surface area contributed by atoms with Crippen LogP contribution in [-0.2, 0) is 6.42 Å². The van der Waals surface area contributed by atoms with E-state index in [0.29, 0.717) is 17.4 Å². The minimum atomic E-state index is -0.154. The van der Waals surface area contributed by atoms with Crippen LogP contribution >= 0.6 is 0 Å². The predicted molar refractivity (Wildman–Crippen MR) is 81.8 cm³/mol. The van der Waals surface area contributed by atoms with Gasteiger partial charge in [-0.15, -0.1) is 0 Å². The van der Waals surface area contributed by atoms with E-state index in [2.05, 4.69) is 10.3 Å². The van der Waals surface area contributed by atoms with Crippen molar-refractivity contribution >= 4 is 5.91 Å². The smallest absolute Gasteiger partial charge is 0.273 e. The SMILES string of the molecule is Cc1oc(C2CCC2)nc1C(=O)NC(C)CCc1ccco1. The molecule has 0 bridgehead atoms. The molecule has 2 aromatic rings. The van der Waals surface area contributed by atoms with Crippen LogP contribution in [0.15, 0.2) is 27.2 Å². The van der Waals surface area contributed by atoms with Crippen molar-refractivity contribution < 1.29 is 13.6 Å². The average Bonchev–Trinajstić information content (AvgIpc) is 3.04. The molecular weight excluding hydrogens is 280 g/mol. The summed E-state index contributed by atoms with van der Waals surface area (Å²) in [7, 11) is 0. The Morgan fingerprint density at radius 3 is 2.95 bits per heavy atom. The number of furan rings is 1. The lowest BCUT2D eigenvalue weighted by Gasteiger charge is -2.21. The molecule has 1 aliphatic carbocycles. The zero-order valence-corrected chi connectivity index (χ0v) is 13.1. The maximum absolute atomic E-state index is 12.3. The summed E-state index contributed by atoms with van der Waals surface area (Å²) in [6.45, 7) is 3.79. The summed E-state index contributed by atoms with van der Waals surface area (Å²) in [5.41, 5.74) is 0.423. The molecule has 1 amide bonds. The number of hydrogen-bond acceptors (Lipinski definition) is 4. The number of hydrogen-bond donors (Lipinski definition) is 1. The van der Waals surface area contributed by atoms with Crippen molar-refractivity contribution in [2.75, 3.05) is 0 Å². The first kappa shape index (κ1) is 14.9. The van der Waals surface area contributed by atoms with Gasteiger partial charge in [-0.1, -0.05) is 6.42 Å². The molecule has 2 heterocycles. The molecule has 2 aromatic heterocycles. The Morgan fingerprint density at radius 2 is 2.32 bits per heavy atom. The summed E-state index contributed by atoms with van der Waals surface area (Å²) in [4.78, 5) is 16.7. The lowest BCUT2D eigenvalue weighted by molar-refractivity contribution is 0.0932. The molecule has 3 rings (SSSR count). The molecular formula is C17H22N2O3. The summed E-state index contributed by atoms with van der Waals surface area (Å²) in [6, 6.07) is 3.88. The van der Waals surface area contributed by atoms with Crippen LogP contribution in [0.3, 0.4) is 0 Å². The van der Waals surface area contributed by atoms with Gasteiger partial charge >= 0.3 is 0 Å². The molecule has 22 heavy (non-hydrogen) atoms. The largest absolute Gasteiger partial charge is 0.469 e. The first-order valence-electron chi connectivity index (χ1n) is 7.94. The Labute approximate surface area is 130 Å². The van der Waals surface area contributed by atoms with E-state index in [1.807, 2.05) is 19.1 Å². The predicted octanol–water partition coefficient (Wildman–Crippen LogP) is 3.59. The van der Waals surface area contributed by atoms with Crippen LogP contribution in [0.2, 0.25) is 0 Å². The van der Waals surface area contributed by atoms with E-state index in [9.17, 15) is 4.79 Å². The fraction of sp³-hybridized carbons (Fsp3) is 0.529. The van der Waals surface area contributed by atoms with Crippen LogP contribution in [0.1, 0.15) is 66.4 Å². The quantitative estimate of drug-likeness (QED) is 0.885. The van der Waals surface area contributed by atoms with E-state index in [-0.39, 0.29) is 11.9 Å². The number of nitrogens with one attached hydrogen (secondary N) is 1. The van der Waals surface area contributed by atoms with Gasteiger partial charge in [0.1, 0.15) is 11.5 Å². The highest BCUT2D eigenvalue weighted by atomic mass is 16.4. The van der Waals surface area contributed by atoms with Crippen LogP contribution in [-0.4, -0.2) is 16.9 Å². The minimum Gasteiger partial charge on any atom is -0.469 e. The number of aryl methyl sites for hydroxylation is 2. The highest BCUT2D eigenvalue weighted by molar-refractivity contribution is 5.93. The zero-order chi connectivity index (χ0) is 15.5. The Hall–Kier alpha value is -2.04. The molecule has 0 spiro atoms. The van der Waals surface area contributed by atoms with Crippen molar-refractivity contribution in [1.29, 1.82) is 0 Å². The highest BCUT2D eigenvalue weighted by Gasteiger charge is 2.27. The Kier molecular flexibility index (Phi) is 4.32. The van der Waals surface area contributed by atoms with Crippen LogP contribution in [0.25, 0.3) is 0 Å². The van der Waals surface area contributed by atoms with Crippen molar-refractivity contribution in [3.8, 4) is 0 Å². The number of aromatic nitrogens is 1. The Morgan fingerprint density at radius 1 is 1.50 bits per heavy atom. The summed E-state index contributed by atoms with van der Waals surface area (Å²) >= 11 is 0. The molecule has 1 unspecified atom stereocenters. The molecule has 1 aliphatic rings. The molecule has 1 N–H and O–H groups in total. The maximum Gasteiger partial charge on any atom is 0.273 e. The monoisotopic (exact) mass is 302 g/mol. The first-order valence-corrected chi connectivity index (χ1v) is 7.94. The van der Waals surface area contributed by atoms with Gasteiger partial charge < -0.3 is 14.2 Å². The standard InChI is InChI=1S/C17H22N2O3/c1-11(8-9-14-7-4-10-21-14)18-16(20)15-12(2)22-17(19-15)13-5-3-6-13/h4,7,10-11,13H,3,5-6,8-9H2,1-2H3,(H,18,20). The molecule has 0 radical (unpaired) electrons. The van der Waals surface area contributed by atoms with E-state index in [4.69, 9.17) is 8.83 Å². The van der Waals surface area contributed by atoms with E-state index in [1.165, 1.54) is 6.42 Å². The summed E-state index contributed by atoms with van der Waals surface area (Å²) in [6.07, 6.45) is 6.74. The number of amides is 1. The molecule has 5 nitrogen and oxygen atoms in total. The van der Waals surface area contributed by atoms with Gasteiger partial charge in [0.25, 0.3) is 5.91 Å². The topological polar surface area (TPSA) is 68.3 Å². The van der Waals surface area contributed by atoms with Gasteiger partial charge in [0.05, 0.1) is 6.26 Å². The summed E-state index contributed by atoms with van der Waals surface area (Å²) in [5.74, 6) is 2.51. The Bertz CT molecular complexity index is 626. The number of oxazole rings is 1. The molecule has 0 saturated heterocycles. The second kappa shape index (κ2) is 6.38. The van der Waals surface area contributed by atoms with Crippen molar-refractivity contribution in [3.63, 3.8) is 0 Å². The number of carbonyl (C=O) groups excluding carboxylic acids is 1. The molecule has 5 heteroatoms. The molecule has 1 saturated carbocycles. The van der Waals surface area contributed by atoms with Gasteiger partial charge in [0.2, 0.25) is 0 Å². The van der Waals surface area contributed by atoms with E-state index in [0.717, 1.165) is 37.3 Å². The number of rotatable bonds is 6. The fourth-order valence-corrected chi connectivity index (χ4v) is 2.64. The van der Waals surface area contributed by atoms with E-state index < -0.39 is 0 Å². The van der Waals surface area contributed by atoms with Gasteiger partial charge in [-0.2, -0.15) is 0 Å². The summed E-state index contributed by atoms with van der Waals surface area (Å²) < 4.78 is 11.0. The number of nitrogens with zero attached hydrogens (tertiary/aromatic N) is 1. The van der Waals surface area contributed by atoms with Crippen LogP contribution in [0, 0.1) is 6.92 Å². The fourth-order valence-electron chi connectivity index (χ4n) is 2.64. The van der Waals surface area contributed by atoms with Crippen LogP contribution < -0.4 is 5.32 Å². The molecule has 1 fully saturated rings. The van der Waals surface area contributed by atoms with Crippen LogP contribution in [0.5, 0.6) is 0 Å². The van der Waals surface area contributed by atoms with Gasteiger partial charge in [0.15, 0.2) is 11.6 Å². The molecule has 1 atom stereocenters. The van der Waals surface area contributed by atoms with Crippen LogP contribution in [0.4, 0.5) is 0 Å². The van der Waals surface area contributed by atoms with Gasteiger partial charge in [-0.3, -0.25) is 4.79 Å². The minimum absolute atomic E-state index is 0.0563. The van der Waals surface area contributed by atoms with E-state index >= 15 is 0 Å². The second-order valence-electron chi connectivity index (χ2n) is 6.08. The molecule has 118 valence electrons. The van der Waals surface area contributed by atoms with Crippen molar-refractivity contribution in [2.24, 2.45) is 0 Å². The normalized spacial score (nSPS) is 16.3. The highest BCUT2D eigenvalue weighted by Crippen LogP contribution is 2.36. The Balaban J connectivity index is 1.55. The third-order valence-corrected chi connectivity index (χ3v) is 4.26. The van der Waals surface area contributed by atoms with Gasteiger partial charge in [-0.05, 0) is 45.2 Å². The first-order chi connectivity index (χ1) is 10.6. The zero-order valence-electron chi connectivity index (χ0n) is 13.1. The third kappa shape index (κ3) is 3.24. The lowest BCUT2D eigenvalue weighted by atomic mass is 9.85. The maximum atomic E-state index is 12.3. The molecule has 0 aromatic carbocycles. The van der Waals surface area contributed by atoms with E-state index in [1.54, 1.807) is 13.2 Å². The van der Waals surface area contributed by atoms with Gasteiger partial charge in [-0.25, -0.2) is 4.98 Å².